The molecule has 4 N–H and O–H groups in total. The standard InChI is InChI=1S/C8H16N2S/c9-5-7-1-2-11-8(3-7,4-7)6-10/h1-6,9-10H2. The van der Waals surface area contributed by atoms with Crippen LogP contribution in [-0.2, 0) is 0 Å². The fourth-order valence-electron chi connectivity index (χ4n) is 2.53. The number of thioether (sulfide) groups is 1. The van der Waals surface area contributed by atoms with Crippen molar-refractivity contribution < 1.29 is 0 Å². The summed E-state index contributed by atoms with van der Waals surface area (Å²) in [6, 6.07) is 0. The van der Waals surface area contributed by atoms with Crippen molar-refractivity contribution in [2.75, 3.05) is 18.8 Å². The average molecular weight is 172 g/mol. The quantitative estimate of drug-likeness (QED) is 0.640. The highest BCUT2D eigenvalue weighted by Crippen LogP contribution is 2.61. The number of hydrogen-bond acceptors (Lipinski definition) is 3. The Hall–Kier alpha value is 0.270. The van der Waals surface area contributed by atoms with Gasteiger partial charge in [-0.1, -0.05) is 0 Å². The predicted molar refractivity (Wildman–Crippen MR) is 49.6 cm³/mol. The minimum Gasteiger partial charge on any atom is -0.330 e. The van der Waals surface area contributed by atoms with Gasteiger partial charge < -0.3 is 11.5 Å². The molecule has 0 aromatic carbocycles. The van der Waals surface area contributed by atoms with Gasteiger partial charge in [0.05, 0.1) is 0 Å². The SMILES string of the molecule is NCC12CCSC(CN)(C1)C2. The molecular formula is C8H16N2S. The number of nitrogens with two attached hydrogens (primary N) is 2. The summed E-state index contributed by atoms with van der Waals surface area (Å²) in [4.78, 5) is 0. The minimum atomic E-state index is 0.442. The first-order valence-electron chi connectivity index (χ1n) is 4.28. The zero-order valence-corrected chi connectivity index (χ0v) is 7.62. The number of rotatable bonds is 2. The molecule has 3 heteroatoms. The number of fused-ring (bicyclic) bond motifs is 2. The Kier molecular flexibility index (Phi) is 1.71. The highest BCUT2D eigenvalue weighted by molar-refractivity contribution is 8.00. The van der Waals surface area contributed by atoms with Crippen molar-refractivity contribution in [3.63, 3.8) is 0 Å². The summed E-state index contributed by atoms with van der Waals surface area (Å²) in [5.41, 5.74) is 12.0. The van der Waals surface area contributed by atoms with Gasteiger partial charge in [0, 0.05) is 11.3 Å². The molecule has 0 atom stereocenters. The highest BCUT2D eigenvalue weighted by atomic mass is 32.2. The third-order valence-corrected chi connectivity index (χ3v) is 4.72. The molecule has 2 bridgehead atoms. The Morgan fingerprint density at radius 2 is 1.91 bits per heavy atom. The lowest BCUT2D eigenvalue weighted by atomic mass is 9.59. The van der Waals surface area contributed by atoms with E-state index in [1.807, 2.05) is 0 Å². The zero-order valence-electron chi connectivity index (χ0n) is 6.81. The Morgan fingerprint density at radius 3 is 2.45 bits per heavy atom. The first kappa shape index (κ1) is 7.90. The Balaban J connectivity index is 2.05. The summed E-state index contributed by atoms with van der Waals surface area (Å²) < 4.78 is 0.442. The smallest absolute Gasteiger partial charge is 0.0293 e. The summed E-state index contributed by atoms with van der Waals surface area (Å²) in [5, 5.41) is 0. The fraction of sp³-hybridized carbons (Fsp3) is 1.00. The van der Waals surface area contributed by atoms with Crippen LogP contribution in [0.4, 0.5) is 0 Å². The molecule has 0 spiro atoms. The van der Waals surface area contributed by atoms with Crippen molar-refractivity contribution in [3.05, 3.63) is 0 Å². The average Bonchev–Trinajstić information content (AvgIpc) is 2.04. The maximum absolute atomic E-state index is 5.74. The topological polar surface area (TPSA) is 52.0 Å². The summed E-state index contributed by atoms with van der Waals surface area (Å²) in [7, 11) is 0. The van der Waals surface area contributed by atoms with Crippen molar-refractivity contribution >= 4 is 11.8 Å². The van der Waals surface area contributed by atoms with E-state index in [0.717, 1.165) is 13.1 Å². The summed E-state index contributed by atoms with van der Waals surface area (Å²) in [5.74, 6) is 1.27. The molecule has 3 aliphatic rings. The van der Waals surface area contributed by atoms with Crippen LogP contribution >= 0.6 is 11.8 Å². The second kappa shape index (κ2) is 2.38. The van der Waals surface area contributed by atoms with Gasteiger partial charge in [0.25, 0.3) is 0 Å². The van der Waals surface area contributed by atoms with E-state index in [1.165, 1.54) is 25.0 Å². The summed E-state index contributed by atoms with van der Waals surface area (Å²) >= 11 is 2.06. The molecule has 2 saturated heterocycles. The third-order valence-electron chi connectivity index (χ3n) is 3.24. The molecule has 2 aliphatic heterocycles. The van der Waals surface area contributed by atoms with E-state index in [4.69, 9.17) is 11.5 Å². The van der Waals surface area contributed by atoms with Gasteiger partial charge in [-0.3, -0.25) is 0 Å². The second-order valence-electron chi connectivity index (χ2n) is 4.04. The normalized spacial score (nSPS) is 48.5. The molecule has 64 valence electrons. The molecule has 0 amide bonds. The van der Waals surface area contributed by atoms with Crippen molar-refractivity contribution in [2.24, 2.45) is 16.9 Å². The van der Waals surface area contributed by atoms with Gasteiger partial charge in [-0.05, 0) is 37.0 Å². The van der Waals surface area contributed by atoms with Crippen LogP contribution in [0.1, 0.15) is 19.3 Å². The summed E-state index contributed by atoms with van der Waals surface area (Å²) in [6.07, 6.45) is 3.87. The second-order valence-corrected chi connectivity index (χ2v) is 5.61. The molecule has 0 aromatic heterocycles. The molecule has 0 aromatic rings. The molecule has 0 unspecified atom stereocenters. The van der Waals surface area contributed by atoms with Crippen LogP contribution in [0.2, 0.25) is 0 Å². The van der Waals surface area contributed by atoms with Crippen LogP contribution in [0.5, 0.6) is 0 Å². The molecule has 2 nitrogen and oxygen atoms in total. The fourth-order valence-corrected chi connectivity index (χ4v) is 4.43. The Bertz CT molecular complexity index is 147. The first-order valence-corrected chi connectivity index (χ1v) is 5.27. The minimum absolute atomic E-state index is 0.442. The van der Waals surface area contributed by atoms with E-state index in [0.29, 0.717) is 10.2 Å². The summed E-state index contributed by atoms with van der Waals surface area (Å²) in [6.45, 7) is 1.72. The van der Waals surface area contributed by atoms with Gasteiger partial charge in [0.15, 0.2) is 0 Å². The lowest BCUT2D eigenvalue weighted by Gasteiger charge is -2.59. The monoisotopic (exact) mass is 172 g/mol. The molecule has 1 saturated carbocycles. The largest absolute Gasteiger partial charge is 0.330 e. The molecule has 0 radical (unpaired) electrons. The Labute approximate surface area is 72.1 Å². The van der Waals surface area contributed by atoms with Crippen molar-refractivity contribution in [3.8, 4) is 0 Å². The molecule has 3 rings (SSSR count). The van der Waals surface area contributed by atoms with Crippen molar-refractivity contribution in [1.29, 1.82) is 0 Å². The molecular weight excluding hydrogens is 156 g/mol. The Morgan fingerprint density at radius 1 is 1.18 bits per heavy atom. The van der Waals surface area contributed by atoms with Gasteiger partial charge >= 0.3 is 0 Å². The van der Waals surface area contributed by atoms with Gasteiger partial charge in [-0.2, -0.15) is 11.8 Å². The van der Waals surface area contributed by atoms with Crippen LogP contribution in [-0.4, -0.2) is 23.6 Å². The van der Waals surface area contributed by atoms with Crippen LogP contribution in [0, 0.1) is 5.41 Å². The molecule has 3 fully saturated rings. The lowest BCUT2D eigenvalue weighted by molar-refractivity contribution is 0.0801. The number of hydrogen-bond donors (Lipinski definition) is 2. The van der Waals surface area contributed by atoms with Gasteiger partial charge in [-0.25, -0.2) is 0 Å². The van der Waals surface area contributed by atoms with Crippen LogP contribution in [0.15, 0.2) is 0 Å². The predicted octanol–water partition coefficient (Wildman–Crippen LogP) is 0.560. The van der Waals surface area contributed by atoms with Crippen LogP contribution < -0.4 is 11.5 Å². The molecule has 1 aliphatic carbocycles. The van der Waals surface area contributed by atoms with Gasteiger partial charge in [0.2, 0.25) is 0 Å². The highest BCUT2D eigenvalue weighted by Gasteiger charge is 2.56. The van der Waals surface area contributed by atoms with Crippen molar-refractivity contribution in [2.45, 2.75) is 24.0 Å². The van der Waals surface area contributed by atoms with Gasteiger partial charge in [0.1, 0.15) is 0 Å². The molecule has 2 heterocycles. The van der Waals surface area contributed by atoms with Crippen molar-refractivity contribution in [1.82, 2.24) is 0 Å². The van der Waals surface area contributed by atoms with E-state index in [2.05, 4.69) is 11.8 Å². The van der Waals surface area contributed by atoms with Gasteiger partial charge in [-0.15, -0.1) is 0 Å². The van der Waals surface area contributed by atoms with E-state index in [1.54, 1.807) is 0 Å². The zero-order chi connectivity index (χ0) is 7.95. The van der Waals surface area contributed by atoms with Crippen LogP contribution in [0.25, 0.3) is 0 Å². The van der Waals surface area contributed by atoms with E-state index in [-0.39, 0.29) is 0 Å². The van der Waals surface area contributed by atoms with E-state index in [9.17, 15) is 0 Å². The maximum Gasteiger partial charge on any atom is 0.0293 e. The first-order chi connectivity index (χ1) is 5.24. The third kappa shape index (κ3) is 1.02. The lowest BCUT2D eigenvalue weighted by Crippen LogP contribution is -2.60. The van der Waals surface area contributed by atoms with Crippen LogP contribution in [0.3, 0.4) is 0 Å². The maximum atomic E-state index is 5.74. The van der Waals surface area contributed by atoms with E-state index < -0.39 is 0 Å². The van der Waals surface area contributed by atoms with E-state index >= 15 is 0 Å². The molecule has 11 heavy (non-hydrogen) atoms.